The molecule has 0 aromatic carbocycles. The lowest BCUT2D eigenvalue weighted by molar-refractivity contribution is -0.129. The number of carbonyl (C=O) groups is 2. The first kappa shape index (κ1) is 40.5. The van der Waals surface area contributed by atoms with Gasteiger partial charge in [0, 0.05) is 11.5 Å². The van der Waals surface area contributed by atoms with E-state index >= 15 is 0 Å². The minimum absolute atomic E-state index is 0.0216. The Morgan fingerprint density at radius 2 is 1.44 bits per heavy atom. The highest BCUT2D eigenvalue weighted by molar-refractivity contribution is 6.74. The van der Waals surface area contributed by atoms with Crippen LogP contribution in [0.25, 0.3) is 0 Å². The van der Waals surface area contributed by atoms with E-state index < -0.39 is 42.6 Å². The molecule has 254 valence electrons. The molecule has 0 aromatic heterocycles. The molecule has 7 heteroatoms. The van der Waals surface area contributed by atoms with Crippen LogP contribution in [-0.4, -0.2) is 47.4 Å². The summed E-state index contributed by atoms with van der Waals surface area (Å²) in [6.07, 6.45) is 8.91. The van der Waals surface area contributed by atoms with E-state index in [0.29, 0.717) is 18.4 Å². The summed E-state index contributed by atoms with van der Waals surface area (Å²) in [7, 11) is -2.14. The lowest BCUT2D eigenvalue weighted by atomic mass is 9.63. The second-order valence-electron chi connectivity index (χ2n) is 15.5. The molecule has 0 radical (unpaired) electrons. The van der Waals surface area contributed by atoms with Crippen LogP contribution < -0.4 is 0 Å². The van der Waals surface area contributed by atoms with Crippen molar-refractivity contribution in [1.82, 2.24) is 0 Å². The van der Waals surface area contributed by atoms with E-state index in [9.17, 15) is 24.9 Å². The van der Waals surface area contributed by atoms with Crippen molar-refractivity contribution >= 4 is 19.9 Å². The van der Waals surface area contributed by atoms with E-state index in [1.54, 1.807) is 20.8 Å². The fourth-order valence-electron chi connectivity index (χ4n) is 5.00. The van der Waals surface area contributed by atoms with Crippen molar-refractivity contribution in [2.45, 2.75) is 139 Å². The molecule has 0 saturated heterocycles. The standard InChI is InChI=1S/C38H62O6Si/c1-25(2)16-15-21-37(12,43)29(20-23-44-45(13,14)36(9,10)11)24-38(22-19-27(5)6)34(41)30(18-17-26(3)4)33(40)31(35(38)42)32(39)28(7)8/h16-17,19-20,28,40-41,43H,15,18,21-24H2,1-14H3/b29-20-. The van der Waals surface area contributed by atoms with E-state index in [1.165, 1.54) is 0 Å². The number of carbonyl (C=O) groups excluding carboxylic acids is 2. The highest BCUT2D eigenvalue weighted by atomic mass is 28.4. The second-order valence-corrected chi connectivity index (χ2v) is 20.3. The number of rotatable bonds is 15. The van der Waals surface area contributed by atoms with Gasteiger partial charge < -0.3 is 19.7 Å². The molecule has 6 nitrogen and oxygen atoms in total. The summed E-state index contributed by atoms with van der Waals surface area (Å²) in [5.41, 5.74) is 0.568. The van der Waals surface area contributed by atoms with Crippen molar-refractivity contribution in [1.29, 1.82) is 0 Å². The lowest BCUT2D eigenvalue weighted by Crippen LogP contribution is -2.44. The predicted octanol–water partition coefficient (Wildman–Crippen LogP) is 9.95. The van der Waals surface area contributed by atoms with Gasteiger partial charge in [0.1, 0.15) is 17.1 Å². The number of Topliss-reactive ketones (excluding diaryl/α,β-unsaturated/α-hetero) is 2. The van der Waals surface area contributed by atoms with Gasteiger partial charge in [-0.3, -0.25) is 9.59 Å². The first-order valence-corrected chi connectivity index (χ1v) is 19.2. The van der Waals surface area contributed by atoms with Crippen molar-refractivity contribution in [3.05, 3.63) is 69.3 Å². The first-order chi connectivity index (χ1) is 20.4. The third-order valence-electron chi connectivity index (χ3n) is 9.22. The summed E-state index contributed by atoms with van der Waals surface area (Å²) < 4.78 is 6.49. The third-order valence-corrected chi connectivity index (χ3v) is 13.7. The van der Waals surface area contributed by atoms with Crippen molar-refractivity contribution in [3.8, 4) is 0 Å². The Labute approximate surface area is 274 Å². The van der Waals surface area contributed by atoms with Crippen LogP contribution in [0.1, 0.15) is 115 Å². The quantitative estimate of drug-likeness (QED) is 0.0933. The Bertz CT molecular complexity index is 1280. The highest BCUT2D eigenvalue weighted by Gasteiger charge is 2.52. The molecule has 1 aliphatic carbocycles. The zero-order valence-electron chi connectivity index (χ0n) is 30.7. The Morgan fingerprint density at radius 3 is 1.91 bits per heavy atom. The molecular formula is C38H62O6Si. The molecule has 0 spiro atoms. The second kappa shape index (κ2) is 15.9. The normalized spacial score (nSPS) is 19.5. The molecule has 0 aliphatic heterocycles. The van der Waals surface area contributed by atoms with Gasteiger partial charge in [-0.25, -0.2) is 0 Å². The summed E-state index contributed by atoms with van der Waals surface area (Å²) in [6.45, 7) is 27.9. The van der Waals surface area contributed by atoms with Gasteiger partial charge in [0.15, 0.2) is 19.9 Å². The number of hydrogen-bond donors (Lipinski definition) is 3. The molecular weight excluding hydrogens is 580 g/mol. The Kier molecular flexibility index (Phi) is 14.3. The molecule has 2 atom stereocenters. The van der Waals surface area contributed by atoms with Gasteiger partial charge >= 0.3 is 0 Å². The topological polar surface area (TPSA) is 104 Å². The average Bonchev–Trinajstić information content (AvgIpc) is 2.88. The minimum atomic E-state index is -2.14. The molecule has 45 heavy (non-hydrogen) atoms. The first-order valence-electron chi connectivity index (χ1n) is 16.3. The van der Waals surface area contributed by atoms with Gasteiger partial charge in [-0.15, -0.1) is 0 Å². The van der Waals surface area contributed by atoms with Crippen molar-refractivity contribution in [2.75, 3.05) is 6.61 Å². The van der Waals surface area contributed by atoms with Crippen molar-refractivity contribution < 1.29 is 29.3 Å². The zero-order chi connectivity index (χ0) is 35.1. The molecule has 0 amide bonds. The van der Waals surface area contributed by atoms with Crippen LogP contribution >= 0.6 is 0 Å². The predicted molar refractivity (Wildman–Crippen MR) is 190 cm³/mol. The van der Waals surface area contributed by atoms with Crippen LogP contribution in [0.2, 0.25) is 18.1 Å². The fraction of sp³-hybridized carbons (Fsp3) is 0.632. The van der Waals surface area contributed by atoms with Crippen LogP contribution in [0.3, 0.4) is 0 Å². The SMILES string of the molecule is CC(C)=CCCC(C)(O)/C(=C\CO[Si](C)(C)C(C)(C)C)CC1(CC=C(C)C)C(=O)C(C(=O)C(C)C)=C(O)C(CC=C(C)C)=C1O. The smallest absolute Gasteiger partial charge is 0.192 e. The Balaban J connectivity index is 4.08. The summed E-state index contributed by atoms with van der Waals surface area (Å²) in [5.74, 6) is -2.34. The molecule has 1 aliphatic rings. The fourth-order valence-corrected chi connectivity index (χ4v) is 5.94. The van der Waals surface area contributed by atoms with Gasteiger partial charge in [0.05, 0.1) is 17.6 Å². The van der Waals surface area contributed by atoms with E-state index in [1.807, 2.05) is 59.8 Å². The van der Waals surface area contributed by atoms with E-state index in [2.05, 4.69) is 39.9 Å². The number of hydrogen-bond acceptors (Lipinski definition) is 6. The molecule has 0 aromatic rings. The number of aliphatic hydroxyl groups is 3. The van der Waals surface area contributed by atoms with Gasteiger partial charge in [-0.05, 0) is 104 Å². The molecule has 0 bridgehead atoms. The van der Waals surface area contributed by atoms with Crippen LogP contribution in [0.15, 0.2) is 69.3 Å². The Morgan fingerprint density at radius 1 is 0.911 bits per heavy atom. The summed E-state index contributed by atoms with van der Waals surface area (Å²) in [4.78, 5) is 28.2. The third kappa shape index (κ3) is 10.5. The molecule has 0 saturated carbocycles. The number of allylic oxidation sites excluding steroid dienone is 9. The highest BCUT2D eigenvalue weighted by Crippen LogP contribution is 2.50. The molecule has 2 unspecified atom stereocenters. The molecule has 0 heterocycles. The lowest BCUT2D eigenvalue weighted by Gasteiger charge is -2.40. The summed E-state index contributed by atoms with van der Waals surface area (Å²) in [5, 5.41) is 35.4. The molecule has 3 N–H and O–H groups in total. The van der Waals surface area contributed by atoms with Crippen molar-refractivity contribution in [3.63, 3.8) is 0 Å². The Hall–Kier alpha value is -2.48. The van der Waals surface area contributed by atoms with Crippen LogP contribution in [0, 0.1) is 11.3 Å². The van der Waals surface area contributed by atoms with E-state index in [-0.39, 0.29) is 47.8 Å². The number of ketones is 2. The maximum atomic E-state index is 14.6. The monoisotopic (exact) mass is 642 g/mol. The van der Waals surface area contributed by atoms with Crippen LogP contribution in [-0.2, 0) is 14.0 Å². The summed E-state index contributed by atoms with van der Waals surface area (Å²) in [6, 6.07) is 0. The van der Waals surface area contributed by atoms with Gasteiger partial charge in [-0.2, -0.15) is 0 Å². The van der Waals surface area contributed by atoms with Crippen LogP contribution in [0.5, 0.6) is 0 Å². The van der Waals surface area contributed by atoms with Crippen LogP contribution in [0.4, 0.5) is 0 Å². The van der Waals surface area contributed by atoms with E-state index in [4.69, 9.17) is 4.43 Å². The average molecular weight is 643 g/mol. The number of aliphatic hydroxyl groups excluding tert-OH is 2. The van der Waals surface area contributed by atoms with Gasteiger partial charge in [0.2, 0.25) is 0 Å². The summed E-state index contributed by atoms with van der Waals surface area (Å²) >= 11 is 0. The molecule has 0 fully saturated rings. The maximum Gasteiger partial charge on any atom is 0.192 e. The zero-order valence-corrected chi connectivity index (χ0v) is 31.7. The minimum Gasteiger partial charge on any atom is -0.511 e. The van der Waals surface area contributed by atoms with E-state index in [0.717, 1.165) is 16.7 Å². The molecule has 1 rings (SSSR count). The largest absolute Gasteiger partial charge is 0.511 e. The maximum absolute atomic E-state index is 14.6. The van der Waals surface area contributed by atoms with Crippen molar-refractivity contribution in [2.24, 2.45) is 11.3 Å². The van der Waals surface area contributed by atoms with Gasteiger partial charge in [-0.1, -0.05) is 75.6 Å². The van der Waals surface area contributed by atoms with Gasteiger partial charge in [0.25, 0.3) is 0 Å².